The van der Waals surface area contributed by atoms with Gasteiger partial charge in [0.25, 0.3) is 0 Å². The second-order valence-electron chi connectivity index (χ2n) is 7.52. The van der Waals surface area contributed by atoms with Crippen molar-refractivity contribution in [3.05, 3.63) is 106 Å². The monoisotopic (exact) mass is 451 g/mol. The van der Waals surface area contributed by atoms with Crippen LogP contribution in [0.1, 0.15) is 22.6 Å². The highest BCUT2D eigenvalue weighted by atomic mass is 79.9. The Hall–Kier alpha value is -1.98. The summed E-state index contributed by atoms with van der Waals surface area (Å²) < 4.78 is 6.55. The van der Waals surface area contributed by atoms with E-state index in [1.54, 1.807) is 0 Å². The molecule has 29 heavy (non-hydrogen) atoms. The first-order valence-electron chi connectivity index (χ1n) is 10.1. The maximum Gasteiger partial charge on any atom is 0.123 e. The first-order valence-corrected chi connectivity index (χ1v) is 10.9. The molecule has 2 unspecified atom stereocenters. The van der Waals surface area contributed by atoms with Gasteiger partial charge in [-0.1, -0.05) is 88.7 Å². The Labute approximate surface area is 181 Å². The van der Waals surface area contributed by atoms with Crippen LogP contribution in [0.5, 0.6) is 0 Å². The molecule has 1 aliphatic rings. The second kappa shape index (κ2) is 9.23. The fourth-order valence-electron chi connectivity index (χ4n) is 4.17. The molecule has 1 heterocycles. The van der Waals surface area contributed by atoms with E-state index >= 15 is 0 Å². The number of hydrogen-bond donors (Lipinski definition) is 1. The number of morpholine rings is 1. The van der Waals surface area contributed by atoms with Crippen LogP contribution in [0.2, 0.25) is 0 Å². The Morgan fingerprint density at radius 2 is 1.38 bits per heavy atom. The summed E-state index contributed by atoms with van der Waals surface area (Å²) in [7, 11) is 0. The van der Waals surface area contributed by atoms with Gasteiger partial charge in [0.15, 0.2) is 0 Å². The van der Waals surface area contributed by atoms with Crippen molar-refractivity contribution >= 4 is 15.9 Å². The van der Waals surface area contributed by atoms with Gasteiger partial charge in [0.05, 0.1) is 13.2 Å². The van der Waals surface area contributed by atoms with Crippen molar-refractivity contribution in [3.63, 3.8) is 0 Å². The molecular formula is C25H26BrNO2. The van der Waals surface area contributed by atoms with Crippen molar-refractivity contribution < 1.29 is 9.84 Å². The Balaban J connectivity index is 1.84. The molecule has 0 bridgehead atoms. The zero-order valence-corrected chi connectivity index (χ0v) is 18.0. The van der Waals surface area contributed by atoms with E-state index in [0.717, 1.165) is 54.0 Å². The molecule has 0 saturated carbocycles. The fourth-order valence-corrected chi connectivity index (χ4v) is 4.44. The molecule has 150 valence electrons. The molecule has 4 rings (SSSR count). The normalized spacial score (nSPS) is 18.1. The van der Waals surface area contributed by atoms with Gasteiger partial charge in [-0.15, -0.1) is 0 Å². The molecule has 1 aliphatic heterocycles. The van der Waals surface area contributed by atoms with Crippen LogP contribution in [0.15, 0.2) is 89.4 Å². The van der Waals surface area contributed by atoms with E-state index in [1.165, 1.54) is 0 Å². The summed E-state index contributed by atoms with van der Waals surface area (Å²) in [5, 5.41) is 12.4. The second-order valence-corrected chi connectivity index (χ2v) is 8.43. The lowest BCUT2D eigenvalue weighted by atomic mass is 9.72. The van der Waals surface area contributed by atoms with Crippen molar-refractivity contribution in [2.45, 2.75) is 11.5 Å². The Morgan fingerprint density at radius 1 is 0.828 bits per heavy atom. The molecule has 0 aliphatic carbocycles. The molecule has 0 amide bonds. The molecule has 1 saturated heterocycles. The average molecular weight is 452 g/mol. The third kappa shape index (κ3) is 4.46. The minimum Gasteiger partial charge on any atom is -0.380 e. The lowest BCUT2D eigenvalue weighted by Crippen LogP contribution is -2.45. The van der Waals surface area contributed by atoms with Gasteiger partial charge in [-0.3, -0.25) is 4.90 Å². The molecular weight excluding hydrogens is 426 g/mol. The lowest BCUT2D eigenvalue weighted by molar-refractivity contribution is 0.000763. The first-order chi connectivity index (χ1) is 14.2. The third-order valence-corrected chi connectivity index (χ3v) is 6.28. The van der Waals surface area contributed by atoms with Crippen molar-refractivity contribution in [2.24, 2.45) is 0 Å². The quantitative estimate of drug-likeness (QED) is 0.583. The maximum atomic E-state index is 12.4. The molecule has 1 fully saturated rings. The summed E-state index contributed by atoms with van der Waals surface area (Å²) in [6.45, 7) is 4.00. The molecule has 4 heteroatoms. The van der Waals surface area contributed by atoms with E-state index < -0.39 is 5.60 Å². The molecule has 0 aromatic heterocycles. The van der Waals surface area contributed by atoms with Gasteiger partial charge in [0.2, 0.25) is 0 Å². The minimum atomic E-state index is -1.15. The smallest absolute Gasteiger partial charge is 0.123 e. The lowest BCUT2D eigenvalue weighted by Gasteiger charge is -2.41. The van der Waals surface area contributed by atoms with Crippen LogP contribution in [0.4, 0.5) is 0 Å². The fraction of sp³-hybridized carbons (Fsp3) is 0.280. The van der Waals surface area contributed by atoms with Gasteiger partial charge in [0, 0.05) is 30.0 Å². The number of rotatable bonds is 6. The van der Waals surface area contributed by atoms with Crippen LogP contribution in [0.3, 0.4) is 0 Å². The number of aliphatic hydroxyl groups is 1. The summed E-state index contributed by atoms with van der Waals surface area (Å²) in [5.74, 6) is -0.120. The standard InChI is InChI=1S/C25H26BrNO2/c26-23-13-11-22(12-14-23)25(28,21-9-5-2-6-10-21)24(20-7-3-1-4-8-20)19-27-15-17-29-18-16-27/h1-14,24,28H,15-19H2. The van der Waals surface area contributed by atoms with Gasteiger partial charge in [0.1, 0.15) is 5.60 Å². The summed E-state index contributed by atoms with van der Waals surface area (Å²) in [4.78, 5) is 2.40. The van der Waals surface area contributed by atoms with Crippen molar-refractivity contribution in [1.29, 1.82) is 0 Å². The summed E-state index contributed by atoms with van der Waals surface area (Å²) in [6, 6.07) is 28.4. The van der Waals surface area contributed by atoms with Crippen LogP contribution in [0, 0.1) is 0 Å². The average Bonchev–Trinajstić information content (AvgIpc) is 2.79. The van der Waals surface area contributed by atoms with Gasteiger partial charge in [-0.25, -0.2) is 0 Å². The van der Waals surface area contributed by atoms with E-state index in [1.807, 2.05) is 60.7 Å². The topological polar surface area (TPSA) is 32.7 Å². The zero-order valence-electron chi connectivity index (χ0n) is 16.4. The van der Waals surface area contributed by atoms with Crippen LogP contribution in [-0.2, 0) is 10.3 Å². The molecule has 0 spiro atoms. The van der Waals surface area contributed by atoms with Crippen LogP contribution in [-0.4, -0.2) is 42.9 Å². The molecule has 1 N–H and O–H groups in total. The number of nitrogens with zero attached hydrogens (tertiary/aromatic N) is 1. The van der Waals surface area contributed by atoms with Crippen molar-refractivity contribution in [1.82, 2.24) is 4.90 Å². The summed E-state index contributed by atoms with van der Waals surface area (Å²) >= 11 is 3.53. The van der Waals surface area contributed by atoms with E-state index in [9.17, 15) is 5.11 Å². The number of benzene rings is 3. The van der Waals surface area contributed by atoms with E-state index in [2.05, 4.69) is 45.1 Å². The Kier molecular flexibility index (Phi) is 6.46. The zero-order chi connectivity index (χ0) is 20.1. The van der Waals surface area contributed by atoms with Gasteiger partial charge in [-0.05, 0) is 28.8 Å². The van der Waals surface area contributed by atoms with Gasteiger partial charge < -0.3 is 9.84 Å². The van der Waals surface area contributed by atoms with Crippen LogP contribution in [0.25, 0.3) is 0 Å². The number of halogens is 1. The Bertz CT molecular complexity index is 895. The van der Waals surface area contributed by atoms with E-state index in [0.29, 0.717) is 0 Å². The first kappa shape index (κ1) is 20.3. The van der Waals surface area contributed by atoms with Crippen molar-refractivity contribution in [2.75, 3.05) is 32.8 Å². The van der Waals surface area contributed by atoms with Crippen LogP contribution >= 0.6 is 15.9 Å². The molecule has 3 nitrogen and oxygen atoms in total. The minimum absolute atomic E-state index is 0.120. The predicted octanol–water partition coefficient (Wildman–Crippen LogP) is 4.80. The predicted molar refractivity (Wildman–Crippen MR) is 120 cm³/mol. The van der Waals surface area contributed by atoms with Crippen LogP contribution < -0.4 is 0 Å². The summed E-state index contributed by atoms with van der Waals surface area (Å²) in [5.41, 5.74) is 1.79. The largest absolute Gasteiger partial charge is 0.380 e. The highest BCUT2D eigenvalue weighted by molar-refractivity contribution is 9.10. The SMILES string of the molecule is OC(c1ccccc1)(c1ccc(Br)cc1)C(CN1CCOCC1)c1ccccc1. The third-order valence-electron chi connectivity index (χ3n) is 5.75. The highest BCUT2D eigenvalue weighted by Crippen LogP contribution is 2.43. The summed E-state index contributed by atoms with van der Waals surface area (Å²) in [6.07, 6.45) is 0. The number of hydrogen-bond acceptors (Lipinski definition) is 3. The van der Waals surface area contributed by atoms with Gasteiger partial charge in [-0.2, -0.15) is 0 Å². The van der Waals surface area contributed by atoms with E-state index in [4.69, 9.17) is 4.74 Å². The molecule has 0 radical (unpaired) electrons. The highest BCUT2D eigenvalue weighted by Gasteiger charge is 2.42. The van der Waals surface area contributed by atoms with Crippen molar-refractivity contribution in [3.8, 4) is 0 Å². The maximum absolute atomic E-state index is 12.4. The Morgan fingerprint density at radius 3 is 2.00 bits per heavy atom. The van der Waals surface area contributed by atoms with Gasteiger partial charge >= 0.3 is 0 Å². The number of ether oxygens (including phenoxy) is 1. The van der Waals surface area contributed by atoms with E-state index in [-0.39, 0.29) is 5.92 Å². The molecule has 3 aromatic rings. The molecule has 3 aromatic carbocycles. The molecule has 2 atom stereocenters.